The molecule has 0 aliphatic heterocycles. The van der Waals surface area contributed by atoms with E-state index in [2.05, 4.69) is 12.2 Å². The number of phenolic OH excluding ortho intramolecular Hbond substituents is 2. The molecule has 1 saturated carbocycles. The first-order chi connectivity index (χ1) is 18.5. The Labute approximate surface area is 224 Å². The third-order valence-electron chi connectivity index (χ3n) is 7.77. The van der Waals surface area contributed by atoms with Crippen LogP contribution in [-0.2, 0) is 6.54 Å². The zero-order valence-corrected chi connectivity index (χ0v) is 22.1. The lowest BCUT2D eigenvalue weighted by Gasteiger charge is -2.22. The van der Waals surface area contributed by atoms with E-state index in [9.17, 15) is 15.0 Å². The van der Waals surface area contributed by atoms with Gasteiger partial charge in [0.1, 0.15) is 17.3 Å². The van der Waals surface area contributed by atoms with Crippen LogP contribution >= 0.6 is 0 Å². The number of rotatable bonds is 9. The number of hydrogen-bond donors (Lipinski definition) is 3. The molecule has 38 heavy (non-hydrogen) atoms. The molecule has 1 aliphatic carbocycles. The summed E-state index contributed by atoms with van der Waals surface area (Å²) in [5.41, 5.74) is 2.83. The minimum absolute atomic E-state index is 0.106. The molecule has 0 amide bonds. The van der Waals surface area contributed by atoms with Crippen molar-refractivity contribution in [3.8, 4) is 34.0 Å². The first-order valence-corrected chi connectivity index (χ1v) is 13.8. The molecular weight excluding hydrogens is 474 g/mol. The van der Waals surface area contributed by atoms with E-state index in [1.807, 2.05) is 36.4 Å². The number of nitrogens with zero attached hydrogens (tertiary/aromatic N) is 2. The Morgan fingerprint density at radius 1 is 0.974 bits per heavy atom. The largest absolute Gasteiger partial charge is 0.508 e. The summed E-state index contributed by atoms with van der Waals surface area (Å²) in [6.07, 6.45) is 7.69. The predicted octanol–water partition coefficient (Wildman–Crippen LogP) is 6.34. The van der Waals surface area contributed by atoms with Crippen LogP contribution in [0.5, 0.6) is 11.5 Å². The number of hydrogen-bond acceptors (Lipinski definition) is 5. The number of aromatic nitrogens is 2. The molecule has 0 saturated heterocycles. The molecule has 4 aromatic rings. The highest BCUT2D eigenvalue weighted by atomic mass is 16.3. The van der Waals surface area contributed by atoms with E-state index in [0.717, 1.165) is 36.6 Å². The fraction of sp³-hybridized carbons (Fsp3) is 0.375. The summed E-state index contributed by atoms with van der Waals surface area (Å²) in [5.74, 6) is 1.83. The molecule has 198 valence electrons. The summed E-state index contributed by atoms with van der Waals surface area (Å²) in [5, 5.41) is 24.4. The molecule has 6 nitrogen and oxygen atoms in total. The second-order valence-electron chi connectivity index (χ2n) is 10.7. The molecular formula is C32H37N3O3. The quantitative estimate of drug-likeness (QED) is 0.228. The molecule has 6 heteroatoms. The van der Waals surface area contributed by atoms with Gasteiger partial charge in [-0.2, -0.15) is 0 Å². The molecule has 1 aliphatic rings. The fourth-order valence-electron chi connectivity index (χ4n) is 5.54. The van der Waals surface area contributed by atoms with Crippen LogP contribution in [0, 0.1) is 11.8 Å². The summed E-state index contributed by atoms with van der Waals surface area (Å²) in [4.78, 5) is 18.8. The highest BCUT2D eigenvalue weighted by Gasteiger charge is 2.18. The number of fused-ring (bicyclic) bond motifs is 1. The van der Waals surface area contributed by atoms with Crippen molar-refractivity contribution in [1.82, 2.24) is 14.9 Å². The molecule has 1 fully saturated rings. The van der Waals surface area contributed by atoms with Crippen LogP contribution in [0.2, 0.25) is 0 Å². The topological polar surface area (TPSA) is 87.4 Å². The van der Waals surface area contributed by atoms with E-state index in [1.165, 1.54) is 32.1 Å². The number of aromatic hydroxyl groups is 2. The molecule has 1 aromatic heterocycles. The first-order valence-electron chi connectivity index (χ1n) is 13.8. The van der Waals surface area contributed by atoms with Crippen molar-refractivity contribution in [3.05, 3.63) is 77.1 Å². The van der Waals surface area contributed by atoms with Gasteiger partial charge in [0.15, 0.2) is 0 Å². The Balaban J connectivity index is 1.43. The molecule has 1 atom stereocenters. The van der Waals surface area contributed by atoms with Crippen molar-refractivity contribution in [2.24, 2.45) is 11.8 Å². The van der Waals surface area contributed by atoms with Crippen molar-refractivity contribution >= 4 is 10.9 Å². The molecule has 3 N–H and O–H groups in total. The van der Waals surface area contributed by atoms with Gasteiger partial charge in [-0.25, -0.2) is 4.98 Å². The number of phenols is 2. The summed E-state index contributed by atoms with van der Waals surface area (Å²) >= 11 is 0. The molecule has 5 rings (SSSR count). The van der Waals surface area contributed by atoms with E-state index in [4.69, 9.17) is 4.98 Å². The molecule has 0 radical (unpaired) electrons. The highest BCUT2D eigenvalue weighted by molar-refractivity contribution is 5.85. The number of nitrogens with one attached hydrogen (secondary N) is 1. The van der Waals surface area contributed by atoms with Crippen LogP contribution in [0.3, 0.4) is 0 Å². The van der Waals surface area contributed by atoms with Gasteiger partial charge >= 0.3 is 0 Å². The Morgan fingerprint density at radius 2 is 1.71 bits per heavy atom. The normalized spacial score (nSPS) is 15.1. The maximum absolute atomic E-state index is 13.9. The van der Waals surface area contributed by atoms with Crippen molar-refractivity contribution < 1.29 is 10.2 Å². The van der Waals surface area contributed by atoms with E-state index >= 15 is 0 Å². The van der Waals surface area contributed by atoms with Crippen LogP contribution in [0.4, 0.5) is 0 Å². The van der Waals surface area contributed by atoms with Crippen molar-refractivity contribution in [2.45, 2.75) is 52.0 Å². The van der Waals surface area contributed by atoms with E-state index in [0.29, 0.717) is 28.8 Å². The predicted molar refractivity (Wildman–Crippen MR) is 153 cm³/mol. The Bertz CT molecular complexity index is 1440. The summed E-state index contributed by atoms with van der Waals surface area (Å²) < 4.78 is 1.73. The van der Waals surface area contributed by atoms with Gasteiger partial charge in [0, 0.05) is 6.54 Å². The van der Waals surface area contributed by atoms with Crippen LogP contribution in [0.1, 0.15) is 45.4 Å². The lowest BCUT2D eigenvalue weighted by atomic mass is 9.89. The third kappa shape index (κ3) is 5.91. The lowest BCUT2D eigenvalue weighted by molar-refractivity contribution is 0.335. The average Bonchev–Trinajstić information content (AvgIpc) is 2.94. The van der Waals surface area contributed by atoms with Gasteiger partial charge < -0.3 is 15.5 Å². The minimum atomic E-state index is -0.115. The van der Waals surface area contributed by atoms with E-state index < -0.39 is 0 Å². The number of para-hydroxylation sites is 1. The Hall–Kier alpha value is -3.64. The smallest absolute Gasteiger partial charge is 0.261 e. The Kier molecular flexibility index (Phi) is 8.08. The third-order valence-corrected chi connectivity index (χ3v) is 7.77. The second-order valence-corrected chi connectivity index (χ2v) is 10.7. The van der Waals surface area contributed by atoms with Gasteiger partial charge in [-0.05, 0) is 91.7 Å². The zero-order chi connectivity index (χ0) is 26.5. The van der Waals surface area contributed by atoms with Crippen molar-refractivity contribution in [3.63, 3.8) is 0 Å². The van der Waals surface area contributed by atoms with Crippen LogP contribution < -0.4 is 10.9 Å². The second kappa shape index (κ2) is 11.8. The molecule has 0 bridgehead atoms. The number of benzene rings is 3. The van der Waals surface area contributed by atoms with Crippen LogP contribution in [0.15, 0.2) is 71.5 Å². The van der Waals surface area contributed by atoms with Gasteiger partial charge in [0.05, 0.1) is 16.5 Å². The van der Waals surface area contributed by atoms with Crippen molar-refractivity contribution in [2.75, 3.05) is 13.1 Å². The standard InChI is InChI=1S/C32H37N3O3/c1-22(17-18-33-20-23-7-3-2-4-8-23)21-35-31(27-9-5-6-10-30(27)37)34-29-16-13-25(19-28(29)32(35)38)24-11-14-26(36)15-12-24/h5-6,9-16,19,22-23,33,36-37H,2-4,7-8,17-18,20-21H2,1H3. The first kappa shape index (κ1) is 26.0. The Morgan fingerprint density at radius 3 is 2.47 bits per heavy atom. The average molecular weight is 512 g/mol. The van der Waals surface area contributed by atoms with Gasteiger partial charge in [-0.15, -0.1) is 0 Å². The maximum Gasteiger partial charge on any atom is 0.261 e. The van der Waals surface area contributed by atoms with E-state index in [1.54, 1.807) is 34.9 Å². The van der Waals surface area contributed by atoms with Gasteiger partial charge in [-0.3, -0.25) is 9.36 Å². The van der Waals surface area contributed by atoms with Gasteiger partial charge in [0.25, 0.3) is 5.56 Å². The lowest BCUT2D eigenvalue weighted by Crippen LogP contribution is -2.29. The maximum atomic E-state index is 13.9. The summed E-state index contributed by atoms with van der Waals surface area (Å²) in [6, 6.07) is 19.7. The monoisotopic (exact) mass is 511 g/mol. The zero-order valence-electron chi connectivity index (χ0n) is 22.1. The molecule has 1 heterocycles. The minimum Gasteiger partial charge on any atom is -0.508 e. The van der Waals surface area contributed by atoms with Crippen LogP contribution in [-0.4, -0.2) is 32.9 Å². The molecule has 3 aromatic carbocycles. The van der Waals surface area contributed by atoms with Gasteiger partial charge in [-0.1, -0.05) is 56.5 Å². The molecule has 0 spiro atoms. The van der Waals surface area contributed by atoms with Crippen molar-refractivity contribution in [1.29, 1.82) is 0 Å². The SMILES string of the molecule is CC(CCNCC1CCCCC1)Cn1c(-c2ccccc2O)nc2ccc(-c3ccc(O)cc3)cc2c1=O. The van der Waals surface area contributed by atoms with Gasteiger partial charge in [0.2, 0.25) is 0 Å². The van der Waals surface area contributed by atoms with Crippen LogP contribution in [0.25, 0.3) is 33.4 Å². The fourth-order valence-corrected chi connectivity index (χ4v) is 5.54. The highest BCUT2D eigenvalue weighted by Crippen LogP contribution is 2.30. The molecule has 1 unspecified atom stereocenters. The summed E-state index contributed by atoms with van der Waals surface area (Å²) in [7, 11) is 0. The van der Waals surface area contributed by atoms with E-state index in [-0.39, 0.29) is 23.0 Å². The summed E-state index contributed by atoms with van der Waals surface area (Å²) in [6.45, 7) is 4.68.